The number of nitrogens with one attached hydrogen (secondary N) is 1. The van der Waals surface area contributed by atoms with Crippen LogP contribution in [0.3, 0.4) is 0 Å². The van der Waals surface area contributed by atoms with Gasteiger partial charge in [0.2, 0.25) is 0 Å². The van der Waals surface area contributed by atoms with Crippen molar-refractivity contribution < 1.29 is 4.74 Å². The van der Waals surface area contributed by atoms with Gasteiger partial charge in [-0.15, -0.1) is 0 Å². The highest BCUT2D eigenvalue weighted by atomic mass is 16.5. The number of anilines is 1. The molecule has 0 aliphatic carbocycles. The lowest BCUT2D eigenvalue weighted by Gasteiger charge is -2.33. The van der Waals surface area contributed by atoms with Crippen molar-refractivity contribution in [1.29, 1.82) is 0 Å². The number of nitrogens with zero attached hydrogens (tertiary/aromatic N) is 1. The second-order valence-electron chi connectivity index (χ2n) is 5.96. The van der Waals surface area contributed by atoms with Gasteiger partial charge in [-0.3, -0.25) is 0 Å². The van der Waals surface area contributed by atoms with E-state index in [1.807, 2.05) is 0 Å². The number of rotatable bonds is 7. The average molecular weight is 290 g/mol. The first-order valence-corrected chi connectivity index (χ1v) is 8.40. The van der Waals surface area contributed by atoms with E-state index in [0.717, 1.165) is 39.0 Å². The fourth-order valence-corrected chi connectivity index (χ4v) is 3.04. The third kappa shape index (κ3) is 4.45. The Morgan fingerprint density at radius 1 is 1.19 bits per heavy atom. The van der Waals surface area contributed by atoms with Crippen molar-refractivity contribution in [3.05, 3.63) is 29.8 Å². The van der Waals surface area contributed by atoms with Crippen LogP contribution in [-0.2, 0) is 4.74 Å². The van der Waals surface area contributed by atoms with Crippen LogP contribution in [0.4, 0.5) is 5.69 Å². The fraction of sp³-hybridized carbons (Fsp3) is 0.667. The molecule has 0 bridgehead atoms. The molecular formula is C18H30N2O. The van der Waals surface area contributed by atoms with Crippen LogP contribution >= 0.6 is 0 Å². The molecule has 21 heavy (non-hydrogen) atoms. The van der Waals surface area contributed by atoms with Crippen LogP contribution < -0.4 is 10.2 Å². The Bertz CT molecular complexity index is 398. The molecule has 0 aromatic heterocycles. The van der Waals surface area contributed by atoms with Crippen LogP contribution in [0.25, 0.3) is 0 Å². The van der Waals surface area contributed by atoms with Gasteiger partial charge in [-0.1, -0.05) is 26.0 Å². The van der Waals surface area contributed by atoms with E-state index < -0.39 is 0 Å². The number of benzene rings is 1. The van der Waals surface area contributed by atoms with E-state index in [1.54, 1.807) is 0 Å². The molecule has 0 spiro atoms. The zero-order valence-electron chi connectivity index (χ0n) is 13.8. The van der Waals surface area contributed by atoms with Gasteiger partial charge >= 0.3 is 0 Å². The van der Waals surface area contributed by atoms with Gasteiger partial charge in [0, 0.05) is 38.0 Å². The second-order valence-corrected chi connectivity index (χ2v) is 5.96. The minimum atomic E-state index is 0.479. The fourth-order valence-electron chi connectivity index (χ4n) is 3.04. The van der Waals surface area contributed by atoms with E-state index in [1.165, 1.54) is 17.7 Å². The molecule has 1 aliphatic rings. The smallest absolute Gasteiger partial charge is 0.0485 e. The molecule has 0 saturated carbocycles. The van der Waals surface area contributed by atoms with Gasteiger partial charge in [0.1, 0.15) is 0 Å². The summed E-state index contributed by atoms with van der Waals surface area (Å²) in [6, 6.07) is 10.2. The molecule has 1 N–H and O–H groups in total. The standard InChI is InChI=1S/C18H30N2O/c1-4-12-19-18(5-2)15-6-8-16(9-7-15)20(3)17-10-13-21-14-11-17/h6-9,17-19H,4-5,10-14H2,1-3H3. The third-order valence-electron chi connectivity index (χ3n) is 4.49. The maximum Gasteiger partial charge on any atom is 0.0485 e. The van der Waals surface area contributed by atoms with Gasteiger partial charge < -0.3 is 15.0 Å². The Balaban J connectivity index is 1.99. The summed E-state index contributed by atoms with van der Waals surface area (Å²) in [5, 5.41) is 3.62. The molecule has 2 rings (SSSR count). The van der Waals surface area contributed by atoms with Crippen molar-refractivity contribution in [3.8, 4) is 0 Å². The summed E-state index contributed by atoms with van der Waals surface area (Å²) in [5.74, 6) is 0. The summed E-state index contributed by atoms with van der Waals surface area (Å²) in [6.45, 7) is 7.33. The molecule has 118 valence electrons. The molecule has 1 aromatic rings. The normalized spacial score (nSPS) is 17.7. The Morgan fingerprint density at radius 3 is 2.43 bits per heavy atom. The van der Waals surface area contributed by atoms with E-state index >= 15 is 0 Å². The Kier molecular flexibility index (Phi) is 6.52. The average Bonchev–Trinajstić information content (AvgIpc) is 2.56. The predicted octanol–water partition coefficient (Wildman–Crippen LogP) is 3.75. The van der Waals surface area contributed by atoms with Crippen LogP contribution in [0.1, 0.15) is 51.1 Å². The monoisotopic (exact) mass is 290 g/mol. The molecule has 1 heterocycles. The van der Waals surface area contributed by atoms with Crippen LogP contribution in [0.15, 0.2) is 24.3 Å². The minimum Gasteiger partial charge on any atom is -0.381 e. The van der Waals surface area contributed by atoms with Crippen molar-refractivity contribution in [2.75, 3.05) is 31.7 Å². The maximum absolute atomic E-state index is 5.45. The maximum atomic E-state index is 5.45. The summed E-state index contributed by atoms with van der Waals surface area (Å²) in [4.78, 5) is 2.41. The quantitative estimate of drug-likeness (QED) is 0.827. The molecule has 1 saturated heterocycles. The Labute approximate surface area is 129 Å². The molecule has 1 aliphatic heterocycles. The van der Waals surface area contributed by atoms with Gasteiger partial charge in [-0.25, -0.2) is 0 Å². The molecule has 1 unspecified atom stereocenters. The molecular weight excluding hydrogens is 260 g/mol. The predicted molar refractivity (Wildman–Crippen MR) is 90.0 cm³/mol. The first-order chi connectivity index (χ1) is 10.3. The van der Waals surface area contributed by atoms with Crippen LogP contribution in [0, 0.1) is 0 Å². The highest BCUT2D eigenvalue weighted by molar-refractivity contribution is 5.48. The van der Waals surface area contributed by atoms with E-state index in [2.05, 4.69) is 55.4 Å². The van der Waals surface area contributed by atoms with Gasteiger partial charge in [-0.2, -0.15) is 0 Å². The number of ether oxygens (including phenoxy) is 1. The van der Waals surface area contributed by atoms with Crippen LogP contribution in [0.2, 0.25) is 0 Å². The Hall–Kier alpha value is -1.06. The summed E-state index contributed by atoms with van der Waals surface area (Å²) < 4.78 is 5.45. The lowest BCUT2D eigenvalue weighted by molar-refractivity contribution is 0.0855. The highest BCUT2D eigenvalue weighted by Crippen LogP contribution is 2.24. The van der Waals surface area contributed by atoms with E-state index in [-0.39, 0.29) is 0 Å². The zero-order chi connectivity index (χ0) is 15.1. The van der Waals surface area contributed by atoms with E-state index in [9.17, 15) is 0 Å². The first kappa shape index (κ1) is 16.3. The second kappa shape index (κ2) is 8.40. The lowest BCUT2D eigenvalue weighted by Crippen LogP contribution is -2.36. The Morgan fingerprint density at radius 2 is 1.86 bits per heavy atom. The highest BCUT2D eigenvalue weighted by Gasteiger charge is 2.19. The molecule has 3 nitrogen and oxygen atoms in total. The van der Waals surface area contributed by atoms with Gasteiger partial charge in [0.05, 0.1) is 0 Å². The van der Waals surface area contributed by atoms with Gasteiger partial charge in [-0.05, 0) is 49.9 Å². The summed E-state index contributed by atoms with van der Waals surface area (Å²) in [5.41, 5.74) is 2.71. The van der Waals surface area contributed by atoms with Crippen molar-refractivity contribution in [2.45, 2.75) is 51.6 Å². The first-order valence-electron chi connectivity index (χ1n) is 8.40. The topological polar surface area (TPSA) is 24.5 Å². The van der Waals surface area contributed by atoms with Crippen LogP contribution in [0.5, 0.6) is 0 Å². The number of hydrogen-bond donors (Lipinski definition) is 1. The zero-order valence-corrected chi connectivity index (χ0v) is 13.8. The summed E-state index contributed by atoms with van der Waals surface area (Å²) >= 11 is 0. The van der Waals surface area contributed by atoms with Crippen molar-refractivity contribution in [2.24, 2.45) is 0 Å². The molecule has 0 radical (unpaired) electrons. The molecule has 3 heteroatoms. The molecule has 0 amide bonds. The molecule has 1 aromatic carbocycles. The minimum absolute atomic E-state index is 0.479. The van der Waals surface area contributed by atoms with Gasteiger partial charge in [0.25, 0.3) is 0 Å². The largest absolute Gasteiger partial charge is 0.381 e. The molecule has 1 fully saturated rings. The SMILES string of the molecule is CCCNC(CC)c1ccc(N(C)C2CCOCC2)cc1. The van der Waals surface area contributed by atoms with Crippen LogP contribution in [-0.4, -0.2) is 32.8 Å². The van der Waals surface area contributed by atoms with E-state index in [4.69, 9.17) is 4.74 Å². The van der Waals surface area contributed by atoms with Gasteiger partial charge in [0.15, 0.2) is 0 Å². The molecule has 1 atom stereocenters. The van der Waals surface area contributed by atoms with Crippen molar-refractivity contribution >= 4 is 5.69 Å². The summed E-state index contributed by atoms with van der Waals surface area (Å²) in [7, 11) is 2.21. The summed E-state index contributed by atoms with van der Waals surface area (Å²) in [6.07, 6.45) is 4.58. The lowest BCUT2D eigenvalue weighted by atomic mass is 10.0. The number of hydrogen-bond acceptors (Lipinski definition) is 3. The third-order valence-corrected chi connectivity index (χ3v) is 4.49. The van der Waals surface area contributed by atoms with E-state index in [0.29, 0.717) is 12.1 Å². The van der Waals surface area contributed by atoms with Crippen molar-refractivity contribution in [1.82, 2.24) is 5.32 Å². The van der Waals surface area contributed by atoms with Crippen molar-refractivity contribution in [3.63, 3.8) is 0 Å².